The highest BCUT2D eigenvalue weighted by Gasteiger charge is 2.16. The molecule has 0 spiro atoms. The number of aromatic nitrogens is 2. The minimum Gasteiger partial charge on any atom is -0.454 e. The van der Waals surface area contributed by atoms with Gasteiger partial charge in [-0.25, -0.2) is 10.8 Å². The number of fused-ring (bicyclic) bond motifs is 1. The minimum atomic E-state index is 0.233. The number of para-hydroxylation sites is 1. The van der Waals surface area contributed by atoms with E-state index in [4.69, 9.17) is 15.3 Å². The van der Waals surface area contributed by atoms with Crippen molar-refractivity contribution in [1.82, 2.24) is 9.97 Å². The van der Waals surface area contributed by atoms with Gasteiger partial charge in [0.1, 0.15) is 0 Å². The number of ether oxygens (including phenoxy) is 2. The molecule has 0 unspecified atom stereocenters. The van der Waals surface area contributed by atoms with Crippen LogP contribution in [-0.2, 0) is 0 Å². The van der Waals surface area contributed by atoms with Crippen LogP contribution in [0.15, 0.2) is 54.7 Å². The van der Waals surface area contributed by atoms with Crippen LogP contribution in [0.3, 0.4) is 0 Å². The van der Waals surface area contributed by atoms with Gasteiger partial charge in [0, 0.05) is 17.4 Å². The number of nitrogens with zero attached hydrogens (tertiary/aromatic N) is 2. The molecule has 1 aliphatic rings. The number of nitrogen functional groups attached to an aromatic ring is 1. The number of anilines is 3. The lowest BCUT2D eigenvalue weighted by Gasteiger charge is -2.11. The Balaban J connectivity index is 1.67. The standard InChI is InChI=1S/C17H15N5O2/c18-22-16-13(11-6-7-14-15(8-11)24-10-23-14)9-19-17(21-16)20-12-4-2-1-3-5-12/h1-9H,10,18H2,(H2,19,20,21,22). The Labute approximate surface area is 138 Å². The van der Waals surface area contributed by atoms with Crippen LogP contribution in [0, 0.1) is 0 Å². The van der Waals surface area contributed by atoms with Crippen molar-refractivity contribution in [3.63, 3.8) is 0 Å². The first-order chi connectivity index (χ1) is 11.8. The molecule has 1 aliphatic heterocycles. The Kier molecular flexibility index (Phi) is 3.60. The van der Waals surface area contributed by atoms with E-state index in [1.54, 1.807) is 6.20 Å². The number of rotatable bonds is 4. The molecule has 7 heteroatoms. The molecule has 1 aromatic heterocycles. The fraction of sp³-hybridized carbons (Fsp3) is 0.0588. The van der Waals surface area contributed by atoms with Crippen molar-refractivity contribution in [3.8, 4) is 22.6 Å². The highest BCUT2D eigenvalue weighted by molar-refractivity contribution is 5.77. The van der Waals surface area contributed by atoms with Crippen LogP contribution in [0.25, 0.3) is 11.1 Å². The van der Waals surface area contributed by atoms with Crippen LogP contribution in [0.4, 0.5) is 17.5 Å². The number of hydrogen-bond acceptors (Lipinski definition) is 7. The fourth-order valence-corrected chi connectivity index (χ4v) is 2.48. The normalized spacial score (nSPS) is 12.0. The highest BCUT2D eigenvalue weighted by atomic mass is 16.7. The molecule has 4 N–H and O–H groups in total. The third-order valence-electron chi connectivity index (χ3n) is 3.64. The Morgan fingerprint density at radius 3 is 2.67 bits per heavy atom. The summed E-state index contributed by atoms with van der Waals surface area (Å²) in [6.45, 7) is 0.233. The molecule has 4 rings (SSSR count). The summed E-state index contributed by atoms with van der Waals surface area (Å²) >= 11 is 0. The number of benzene rings is 2. The zero-order chi connectivity index (χ0) is 16.4. The van der Waals surface area contributed by atoms with E-state index in [0.717, 1.165) is 22.6 Å². The maximum absolute atomic E-state index is 5.64. The van der Waals surface area contributed by atoms with E-state index >= 15 is 0 Å². The van der Waals surface area contributed by atoms with Crippen molar-refractivity contribution in [2.75, 3.05) is 17.5 Å². The SMILES string of the molecule is NNc1nc(Nc2ccccc2)ncc1-c1ccc2c(c1)OCO2. The quantitative estimate of drug-likeness (QED) is 0.502. The monoisotopic (exact) mass is 321 g/mol. The van der Waals surface area contributed by atoms with Crippen molar-refractivity contribution in [1.29, 1.82) is 0 Å². The Morgan fingerprint density at radius 1 is 1.00 bits per heavy atom. The van der Waals surface area contributed by atoms with Gasteiger partial charge in [-0.05, 0) is 29.8 Å². The van der Waals surface area contributed by atoms with Crippen LogP contribution in [0.1, 0.15) is 0 Å². The van der Waals surface area contributed by atoms with E-state index in [1.165, 1.54) is 0 Å². The van der Waals surface area contributed by atoms with Gasteiger partial charge in [0.2, 0.25) is 12.7 Å². The second-order valence-corrected chi connectivity index (χ2v) is 5.16. The van der Waals surface area contributed by atoms with Gasteiger partial charge in [-0.1, -0.05) is 24.3 Å². The molecule has 0 aliphatic carbocycles. The van der Waals surface area contributed by atoms with Crippen LogP contribution in [-0.4, -0.2) is 16.8 Å². The largest absolute Gasteiger partial charge is 0.454 e. The summed E-state index contributed by atoms with van der Waals surface area (Å²) in [4.78, 5) is 8.79. The molecule has 0 saturated carbocycles. The van der Waals surface area contributed by atoms with Crippen LogP contribution in [0.2, 0.25) is 0 Å². The van der Waals surface area contributed by atoms with Crippen LogP contribution in [0.5, 0.6) is 11.5 Å². The Bertz CT molecular complexity index is 870. The summed E-state index contributed by atoms with van der Waals surface area (Å²) in [5.74, 6) is 8.03. The van der Waals surface area contributed by atoms with Crippen molar-refractivity contribution in [2.24, 2.45) is 5.84 Å². The number of nitrogens with two attached hydrogens (primary N) is 1. The van der Waals surface area contributed by atoms with Crippen molar-refractivity contribution >= 4 is 17.5 Å². The average molecular weight is 321 g/mol. The molecular formula is C17H15N5O2. The minimum absolute atomic E-state index is 0.233. The molecule has 24 heavy (non-hydrogen) atoms. The molecule has 0 bridgehead atoms. The van der Waals surface area contributed by atoms with Crippen molar-refractivity contribution in [3.05, 3.63) is 54.7 Å². The topological polar surface area (TPSA) is 94.3 Å². The fourth-order valence-electron chi connectivity index (χ4n) is 2.48. The second-order valence-electron chi connectivity index (χ2n) is 5.16. The highest BCUT2D eigenvalue weighted by Crippen LogP contribution is 2.37. The smallest absolute Gasteiger partial charge is 0.231 e. The van der Waals surface area contributed by atoms with Crippen LogP contribution >= 0.6 is 0 Å². The first kappa shape index (κ1) is 14.3. The molecule has 120 valence electrons. The van der Waals surface area contributed by atoms with E-state index in [2.05, 4.69) is 20.7 Å². The molecule has 2 heterocycles. The van der Waals surface area contributed by atoms with Gasteiger partial charge in [-0.15, -0.1) is 0 Å². The maximum atomic E-state index is 5.64. The molecule has 0 fully saturated rings. The lowest BCUT2D eigenvalue weighted by atomic mass is 10.1. The second kappa shape index (κ2) is 6.05. The van der Waals surface area contributed by atoms with E-state index < -0.39 is 0 Å². The van der Waals surface area contributed by atoms with Gasteiger partial charge in [0.25, 0.3) is 0 Å². The lowest BCUT2D eigenvalue weighted by molar-refractivity contribution is 0.174. The number of hydrogen-bond donors (Lipinski definition) is 3. The maximum Gasteiger partial charge on any atom is 0.231 e. The molecule has 0 radical (unpaired) electrons. The van der Waals surface area contributed by atoms with E-state index in [0.29, 0.717) is 17.5 Å². The summed E-state index contributed by atoms with van der Waals surface area (Å²) in [5.41, 5.74) is 5.18. The molecule has 0 saturated heterocycles. The molecule has 7 nitrogen and oxygen atoms in total. The third kappa shape index (κ3) is 2.68. The van der Waals surface area contributed by atoms with Gasteiger partial charge in [-0.3, -0.25) is 0 Å². The third-order valence-corrected chi connectivity index (χ3v) is 3.64. The Hall–Kier alpha value is -3.32. The summed E-state index contributed by atoms with van der Waals surface area (Å²) in [7, 11) is 0. The zero-order valence-corrected chi connectivity index (χ0v) is 12.7. The van der Waals surface area contributed by atoms with Gasteiger partial charge in [0.15, 0.2) is 17.3 Å². The summed E-state index contributed by atoms with van der Waals surface area (Å²) in [5, 5.41) is 3.14. The predicted octanol–water partition coefficient (Wildman–Crippen LogP) is 2.90. The molecule has 3 aromatic rings. The lowest BCUT2D eigenvalue weighted by Crippen LogP contribution is -2.11. The number of nitrogens with one attached hydrogen (secondary N) is 2. The molecule has 0 amide bonds. The summed E-state index contributed by atoms with van der Waals surface area (Å²) < 4.78 is 10.7. The van der Waals surface area contributed by atoms with Crippen LogP contribution < -0.4 is 26.1 Å². The zero-order valence-electron chi connectivity index (χ0n) is 12.7. The van der Waals surface area contributed by atoms with Gasteiger partial charge in [-0.2, -0.15) is 4.98 Å². The average Bonchev–Trinajstić information content (AvgIpc) is 3.10. The summed E-state index contributed by atoms with van der Waals surface area (Å²) in [6, 6.07) is 15.3. The van der Waals surface area contributed by atoms with Gasteiger partial charge >= 0.3 is 0 Å². The van der Waals surface area contributed by atoms with Crippen molar-refractivity contribution in [2.45, 2.75) is 0 Å². The van der Waals surface area contributed by atoms with Gasteiger partial charge < -0.3 is 20.2 Å². The number of hydrazine groups is 1. The first-order valence-corrected chi connectivity index (χ1v) is 7.39. The van der Waals surface area contributed by atoms with E-state index in [-0.39, 0.29) is 6.79 Å². The predicted molar refractivity (Wildman–Crippen MR) is 91.1 cm³/mol. The molecular weight excluding hydrogens is 306 g/mol. The van der Waals surface area contributed by atoms with Crippen molar-refractivity contribution < 1.29 is 9.47 Å². The summed E-state index contributed by atoms with van der Waals surface area (Å²) in [6.07, 6.45) is 1.71. The molecule has 0 atom stereocenters. The first-order valence-electron chi connectivity index (χ1n) is 7.39. The molecule has 2 aromatic carbocycles. The Morgan fingerprint density at radius 2 is 1.83 bits per heavy atom. The van der Waals surface area contributed by atoms with Gasteiger partial charge in [0.05, 0.1) is 0 Å². The van der Waals surface area contributed by atoms with E-state index in [1.807, 2.05) is 48.5 Å². The van der Waals surface area contributed by atoms with E-state index in [9.17, 15) is 0 Å².